The maximum Gasteiger partial charge on any atom is 0.129 e. The molecule has 0 fully saturated rings. The predicted molar refractivity (Wildman–Crippen MR) is 103 cm³/mol. The first-order chi connectivity index (χ1) is 11.3. The van der Waals surface area contributed by atoms with Crippen LogP contribution in [0.15, 0.2) is 30.3 Å². The van der Waals surface area contributed by atoms with Crippen molar-refractivity contribution in [2.45, 2.75) is 40.0 Å². The molecule has 0 amide bonds. The summed E-state index contributed by atoms with van der Waals surface area (Å²) in [7, 11) is 3.46. The van der Waals surface area contributed by atoms with Gasteiger partial charge in [-0.3, -0.25) is 0 Å². The maximum atomic E-state index is 5.70. The van der Waals surface area contributed by atoms with E-state index >= 15 is 0 Å². The number of aryl methyl sites for hydroxylation is 2. The number of ether oxygens (including phenoxy) is 2. The Balaban J connectivity index is 2.48. The van der Waals surface area contributed by atoms with Crippen molar-refractivity contribution in [1.29, 1.82) is 0 Å². The Labute approximate surface area is 144 Å². The molecule has 0 aliphatic carbocycles. The van der Waals surface area contributed by atoms with E-state index in [0.29, 0.717) is 0 Å². The summed E-state index contributed by atoms with van der Waals surface area (Å²) in [6.07, 6.45) is 0. The molecule has 0 radical (unpaired) electrons. The summed E-state index contributed by atoms with van der Waals surface area (Å²) in [5.41, 5.74) is 3.80. The van der Waals surface area contributed by atoms with Crippen LogP contribution in [0.3, 0.4) is 0 Å². The average Bonchev–Trinajstić information content (AvgIpc) is 2.52. The molecule has 0 heterocycles. The topological polar surface area (TPSA) is 18.5 Å². The molecule has 0 atom stereocenters. The van der Waals surface area contributed by atoms with Gasteiger partial charge in [-0.2, -0.15) is 0 Å². The van der Waals surface area contributed by atoms with Gasteiger partial charge in [0.2, 0.25) is 0 Å². The van der Waals surface area contributed by atoms with Gasteiger partial charge in [0.25, 0.3) is 0 Å². The zero-order valence-electron chi connectivity index (χ0n) is 15.7. The Morgan fingerprint density at radius 1 is 0.833 bits per heavy atom. The van der Waals surface area contributed by atoms with E-state index in [2.05, 4.69) is 65.0 Å². The molecule has 3 rings (SSSR count). The smallest absolute Gasteiger partial charge is 0.129 e. The second-order valence-corrected chi connectivity index (χ2v) is 7.54. The lowest BCUT2D eigenvalue weighted by Gasteiger charge is -2.21. The molecule has 2 heteroatoms. The lowest BCUT2D eigenvalue weighted by atomic mass is 9.84. The van der Waals surface area contributed by atoms with Gasteiger partial charge in [0, 0.05) is 10.8 Å². The highest BCUT2D eigenvalue weighted by molar-refractivity contribution is 6.07. The summed E-state index contributed by atoms with van der Waals surface area (Å²) in [5, 5.41) is 4.76. The summed E-state index contributed by atoms with van der Waals surface area (Å²) in [5.74, 6) is 1.83. The first kappa shape index (κ1) is 16.6. The largest absolute Gasteiger partial charge is 0.496 e. The standard InChI is InChI=1S/C22H26O2/c1-13-10-19(23-6)20-14(2)17-9-8-16(22(3,4)5)11-15(17)12-18(20)21(13)24-7/h8-12H,1-7H3. The van der Waals surface area contributed by atoms with E-state index in [0.717, 1.165) is 27.8 Å². The minimum Gasteiger partial charge on any atom is -0.496 e. The molecule has 126 valence electrons. The van der Waals surface area contributed by atoms with Gasteiger partial charge >= 0.3 is 0 Å². The van der Waals surface area contributed by atoms with Crippen LogP contribution >= 0.6 is 0 Å². The van der Waals surface area contributed by atoms with Crippen LogP contribution < -0.4 is 9.47 Å². The van der Waals surface area contributed by atoms with Crippen molar-refractivity contribution in [3.8, 4) is 11.5 Å². The van der Waals surface area contributed by atoms with Crippen LogP contribution in [0.2, 0.25) is 0 Å². The molecule has 3 aromatic rings. The highest BCUT2D eigenvalue weighted by Gasteiger charge is 2.18. The molecular formula is C22H26O2. The van der Waals surface area contributed by atoms with E-state index in [4.69, 9.17) is 9.47 Å². The number of methoxy groups -OCH3 is 2. The summed E-state index contributed by atoms with van der Waals surface area (Å²) < 4.78 is 11.4. The molecule has 0 saturated heterocycles. The third-order valence-electron chi connectivity index (χ3n) is 4.89. The first-order valence-electron chi connectivity index (χ1n) is 8.37. The second-order valence-electron chi connectivity index (χ2n) is 7.54. The van der Waals surface area contributed by atoms with Crippen LogP contribution in [0.1, 0.15) is 37.5 Å². The number of hydrogen-bond donors (Lipinski definition) is 0. The molecule has 0 bridgehead atoms. The average molecular weight is 322 g/mol. The van der Waals surface area contributed by atoms with Crippen LogP contribution in [0.25, 0.3) is 21.5 Å². The monoisotopic (exact) mass is 322 g/mol. The normalized spacial score (nSPS) is 12.0. The van der Waals surface area contributed by atoms with E-state index in [9.17, 15) is 0 Å². The molecule has 0 aliphatic heterocycles. The zero-order valence-corrected chi connectivity index (χ0v) is 15.7. The van der Waals surface area contributed by atoms with E-state index in [1.54, 1.807) is 14.2 Å². The van der Waals surface area contributed by atoms with E-state index < -0.39 is 0 Å². The van der Waals surface area contributed by atoms with Gasteiger partial charge in [0.15, 0.2) is 0 Å². The van der Waals surface area contributed by atoms with Crippen LogP contribution in [0.4, 0.5) is 0 Å². The predicted octanol–water partition coefficient (Wildman–Crippen LogP) is 5.92. The molecule has 0 aliphatic rings. The minimum absolute atomic E-state index is 0.130. The first-order valence-corrected chi connectivity index (χ1v) is 8.37. The Bertz CT molecular complexity index is 930. The fourth-order valence-corrected chi connectivity index (χ4v) is 3.53. The van der Waals surface area contributed by atoms with Crippen molar-refractivity contribution in [3.05, 3.63) is 47.0 Å². The minimum atomic E-state index is 0.130. The Morgan fingerprint density at radius 2 is 1.54 bits per heavy atom. The van der Waals surface area contributed by atoms with E-state index in [1.165, 1.54) is 21.9 Å². The van der Waals surface area contributed by atoms with Crippen molar-refractivity contribution in [2.24, 2.45) is 0 Å². The van der Waals surface area contributed by atoms with Gasteiger partial charge in [0.05, 0.1) is 14.2 Å². The summed E-state index contributed by atoms with van der Waals surface area (Å²) in [6.45, 7) is 11.0. The van der Waals surface area contributed by atoms with Crippen LogP contribution in [-0.2, 0) is 5.41 Å². The number of fused-ring (bicyclic) bond motifs is 2. The summed E-state index contributed by atoms with van der Waals surface area (Å²) in [6, 6.07) is 11.1. The van der Waals surface area contributed by atoms with Crippen molar-refractivity contribution in [2.75, 3.05) is 14.2 Å². The van der Waals surface area contributed by atoms with Gasteiger partial charge < -0.3 is 9.47 Å². The summed E-state index contributed by atoms with van der Waals surface area (Å²) in [4.78, 5) is 0. The molecular weight excluding hydrogens is 296 g/mol. The number of benzene rings is 3. The van der Waals surface area contributed by atoms with Gasteiger partial charge in [-0.25, -0.2) is 0 Å². The molecule has 2 nitrogen and oxygen atoms in total. The highest BCUT2D eigenvalue weighted by Crippen LogP contribution is 2.41. The van der Waals surface area contributed by atoms with Gasteiger partial charge in [0.1, 0.15) is 11.5 Å². The van der Waals surface area contributed by atoms with Crippen LogP contribution in [0.5, 0.6) is 11.5 Å². The van der Waals surface area contributed by atoms with Crippen molar-refractivity contribution in [1.82, 2.24) is 0 Å². The van der Waals surface area contributed by atoms with Crippen molar-refractivity contribution >= 4 is 21.5 Å². The number of rotatable bonds is 2. The fraction of sp³-hybridized carbons (Fsp3) is 0.364. The van der Waals surface area contributed by atoms with Crippen LogP contribution in [0, 0.1) is 13.8 Å². The van der Waals surface area contributed by atoms with Gasteiger partial charge in [-0.05, 0) is 58.9 Å². The lowest BCUT2D eigenvalue weighted by Crippen LogP contribution is -2.10. The Kier molecular flexibility index (Phi) is 3.95. The third-order valence-corrected chi connectivity index (χ3v) is 4.89. The van der Waals surface area contributed by atoms with Crippen molar-refractivity contribution < 1.29 is 9.47 Å². The quantitative estimate of drug-likeness (QED) is 0.545. The molecule has 0 saturated carbocycles. The SMILES string of the molecule is COc1c(C)cc(OC)c2c(C)c3ccc(C(C)(C)C)cc3cc12. The molecule has 0 spiro atoms. The maximum absolute atomic E-state index is 5.70. The molecule has 3 aromatic carbocycles. The molecule has 0 unspecified atom stereocenters. The fourth-order valence-electron chi connectivity index (χ4n) is 3.53. The second kappa shape index (κ2) is 5.70. The van der Waals surface area contributed by atoms with E-state index in [1.807, 2.05) is 0 Å². The molecule has 24 heavy (non-hydrogen) atoms. The molecule has 0 aromatic heterocycles. The van der Waals surface area contributed by atoms with Gasteiger partial charge in [-0.1, -0.05) is 39.0 Å². The van der Waals surface area contributed by atoms with Crippen molar-refractivity contribution in [3.63, 3.8) is 0 Å². The zero-order chi connectivity index (χ0) is 17.6. The Morgan fingerprint density at radius 3 is 2.12 bits per heavy atom. The van der Waals surface area contributed by atoms with Gasteiger partial charge in [-0.15, -0.1) is 0 Å². The third kappa shape index (κ3) is 2.50. The Hall–Kier alpha value is -2.22. The van der Waals surface area contributed by atoms with E-state index in [-0.39, 0.29) is 5.41 Å². The highest BCUT2D eigenvalue weighted by atomic mass is 16.5. The lowest BCUT2D eigenvalue weighted by molar-refractivity contribution is 0.408. The van der Waals surface area contributed by atoms with Crippen LogP contribution in [-0.4, -0.2) is 14.2 Å². The molecule has 0 N–H and O–H groups in total. The number of hydrogen-bond acceptors (Lipinski definition) is 2. The summed E-state index contributed by atoms with van der Waals surface area (Å²) >= 11 is 0.